The molecule has 0 spiro atoms. The van der Waals surface area contributed by atoms with E-state index in [0.29, 0.717) is 10.9 Å². The van der Waals surface area contributed by atoms with E-state index in [1.165, 1.54) is 0 Å². The second kappa shape index (κ2) is 5.29. The first-order chi connectivity index (χ1) is 6.59. The first kappa shape index (κ1) is 11.4. The molecule has 14 heavy (non-hydrogen) atoms. The molecule has 1 aromatic heterocycles. The highest BCUT2D eigenvalue weighted by atomic mass is 32.1. The van der Waals surface area contributed by atoms with Crippen LogP contribution in [0, 0.1) is 6.92 Å². The number of rotatable bonds is 3. The van der Waals surface area contributed by atoms with Gasteiger partial charge in [-0.3, -0.25) is 4.98 Å². The van der Waals surface area contributed by atoms with Crippen LogP contribution in [0.5, 0.6) is 0 Å². The van der Waals surface area contributed by atoms with E-state index in [0.717, 1.165) is 11.3 Å². The summed E-state index contributed by atoms with van der Waals surface area (Å²) < 4.78 is 0.379. The van der Waals surface area contributed by atoms with E-state index in [4.69, 9.17) is 12.2 Å². The van der Waals surface area contributed by atoms with Crippen LogP contribution in [0.15, 0.2) is 18.3 Å². The van der Waals surface area contributed by atoms with Gasteiger partial charge < -0.3 is 10.4 Å². The fourth-order valence-corrected chi connectivity index (χ4v) is 1.15. The molecule has 1 aromatic rings. The number of aryl methyl sites for hydroxylation is 1. The Hall–Kier alpha value is -0.650. The molecule has 0 fully saturated rings. The normalized spacial score (nSPS) is 12.2. The van der Waals surface area contributed by atoms with Gasteiger partial charge in [-0.1, -0.05) is 18.3 Å². The molecular formula is C9H12N2OS2. The summed E-state index contributed by atoms with van der Waals surface area (Å²) in [5.41, 5.74) is 1.70. The highest BCUT2D eigenvalue weighted by Crippen LogP contribution is 2.10. The van der Waals surface area contributed by atoms with Crippen LogP contribution in [0.4, 0.5) is 0 Å². The second-order valence-corrected chi connectivity index (χ2v) is 4.09. The fraction of sp³-hybridized carbons (Fsp3) is 0.333. The van der Waals surface area contributed by atoms with Crippen molar-refractivity contribution in [2.45, 2.75) is 13.0 Å². The molecule has 0 radical (unpaired) electrons. The van der Waals surface area contributed by atoms with Gasteiger partial charge in [-0.05, 0) is 13.0 Å². The zero-order valence-electron chi connectivity index (χ0n) is 7.77. The third kappa shape index (κ3) is 3.61. The number of pyridine rings is 1. The van der Waals surface area contributed by atoms with E-state index < -0.39 is 6.10 Å². The van der Waals surface area contributed by atoms with Crippen LogP contribution in [-0.4, -0.2) is 21.0 Å². The number of aliphatic hydroxyl groups is 1. The SMILES string of the molecule is Cc1ccc(C(O)CNC(=S)S)cn1. The van der Waals surface area contributed by atoms with Crippen LogP contribution in [-0.2, 0) is 0 Å². The average molecular weight is 228 g/mol. The van der Waals surface area contributed by atoms with Crippen molar-refractivity contribution in [2.24, 2.45) is 0 Å². The maximum Gasteiger partial charge on any atom is 0.130 e. The highest BCUT2D eigenvalue weighted by Gasteiger charge is 2.06. The van der Waals surface area contributed by atoms with Crippen molar-refractivity contribution in [3.63, 3.8) is 0 Å². The maximum atomic E-state index is 9.66. The molecule has 5 heteroatoms. The van der Waals surface area contributed by atoms with Crippen molar-refractivity contribution in [1.82, 2.24) is 10.3 Å². The molecule has 0 aliphatic rings. The number of aliphatic hydroxyl groups excluding tert-OH is 1. The Labute approximate surface area is 94.0 Å². The summed E-state index contributed by atoms with van der Waals surface area (Å²) in [5.74, 6) is 0. The van der Waals surface area contributed by atoms with Gasteiger partial charge in [0.1, 0.15) is 4.32 Å². The highest BCUT2D eigenvalue weighted by molar-refractivity contribution is 8.11. The first-order valence-electron chi connectivity index (χ1n) is 4.17. The quantitative estimate of drug-likeness (QED) is 0.538. The second-order valence-electron chi connectivity index (χ2n) is 2.93. The molecule has 0 aliphatic carbocycles. The van der Waals surface area contributed by atoms with Gasteiger partial charge in [-0.25, -0.2) is 0 Å². The Bertz CT molecular complexity index is 313. The van der Waals surface area contributed by atoms with E-state index in [1.807, 2.05) is 19.1 Å². The monoisotopic (exact) mass is 228 g/mol. The molecular weight excluding hydrogens is 216 g/mol. The molecule has 1 rings (SSSR count). The Kier molecular flexibility index (Phi) is 4.31. The van der Waals surface area contributed by atoms with Crippen molar-refractivity contribution in [1.29, 1.82) is 0 Å². The van der Waals surface area contributed by atoms with Gasteiger partial charge in [0.15, 0.2) is 0 Å². The van der Waals surface area contributed by atoms with Crippen LogP contribution in [0.1, 0.15) is 17.4 Å². The van der Waals surface area contributed by atoms with E-state index in [-0.39, 0.29) is 0 Å². The summed E-state index contributed by atoms with van der Waals surface area (Å²) in [7, 11) is 0. The number of thiol groups is 1. The van der Waals surface area contributed by atoms with Crippen LogP contribution in [0.2, 0.25) is 0 Å². The lowest BCUT2D eigenvalue weighted by molar-refractivity contribution is 0.181. The summed E-state index contributed by atoms with van der Waals surface area (Å²) in [4.78, 5) is 4.09. The topological polar surface area (TPSA) is 45.1 Å². The van der Waals surface area contributed by atoms with Crippen molar-refractivity contribution in [3.05, 3.63) is 29.6 Å². The number of hydrogen-bond acceptors (Lipinski definition) is 3. The summed E-state index contributed by atoms with van der Waals surface area (Å²) in [6.45, 7) is 2.25. The molecule has 0 bridgehead atoms. The zero-order chi connectivity index (χ0) is 10.6. The summed E-state index contributed by atoms with van der Waals surface area (Å²) in [6, 6.07) is 3.70. The first-order valence-corrected chi connectivity index (χ1v) is 5.02. The van der Waals surface area contributed by atoms with E-state index in [2.05, 4.69) is 22.9 Å². The Morgan fingerprint density at radius 1 is 1.71 bits per heavy atom. The molecule has 2 N–H and O–H groups in total. The molecule has 0 amide bonds. The third-order valence-electron chi connectivity index (χ3n) is 1.77. The van der Waals surface area contributed by atoms with Crippen LogP contribution in [0.3, 0.4) is 0 Å². The van der Waals surface area contributed by atoms with Gasteiger partial charge in [0.05, 0.1) is 6.10 Å². The van der Waals surface area contributed by atoms with Gasteiger partial charge in [0.25, 0.3) is 0 Å². The number of nitrogens with zero attached hydrogens (tertiary/aromatic N) is 1. The largest absolute Gasteiger partial charge is 0.387 e. The van der Waals surface area contributed by atoms with Gasteiger partial charge >= 0.3 is 0 Å². The van der Waals surface area contributed by atoms with Gasteiger partial charge in [-0.2, -0.15) is 0 Å². The van der Waals surface area contributed by atoms with E-state index in [9.17, 15) is 5.11 Å². The molecule has 3 nitrogen and oxygen atoms in total. The summed E-state index contributed by atoms with van der Waals surface area (Å²) in [6.07, 6.45) is 1.05. The average Bonchev–Trinajstić information content (AvgIpc) is 2.15. The third-order valence-corrected chi connectivity index (χ3v) is 2.07. The molecule has 1 unspecified atom stereocenters. The molecule has 76 valence electrons. The van der Waals surface area contributed by atoms with Crippen LogP contribution < -0.4 is 5.32 Å². The van der Waals surface area contributed by atoms with E-state index >= 15 is 0 Å². The summed E-state index contributed by atoms with van der Waals surface area (Å²) in [5, 5.41) is 12.4. The fourth-order valence-electron chi connectivity index (χ4n) is 0.978. The molecule has 0 saturated carbocycles. The lowest BCUT2D eigenvalue weighted by atomic mass is 10.1. The van der Waals surface area contributed by atoms with E-state index in [1.54, 1.807) is 6.20 Å². The minimum absolute atomic E-state index is 0.354. The standard InChI is InChI=1S/C9H12N2OS2/c1-6-2-3-7(4-10-6)8(12)5-11-9(13)14/h2-4,8,12H,5H2,1H3,(H2,11,13,14). The Morgan fingerprint density at radius 3 is 2.93 bits per heavy atom. The van der Waals surface area contributed by atoms with Crippen LogP contribution in [0.25, 0.3) is 0 Å². The lowest BCUT2D eigenvalue weighted by Crippen LogP contribution is -2.23. The number of nitrogens with one attached hydrogen (secondary N) is 1. The minimum Gasteiger partial charge on any atom is -0.387 e. The molecule has 0 aliphatic heterocycles. The van der Waals surface area contributed by atoms with Gasteiger partial charge in [0, 0.05) is 24.0 Å². The Morgan fingerprint density at radius 2 is 2.43 bits per heavy atom. The minimum atomic E-state index is -0.604. The molecule has 0 saturated heterocycles. The van der Waals surface area contributed by atoms with Gasteiger partial charge in [-0.15, -0.1) is 12.6 Å². The van der Waals surface area contributed by atoms with Crippen LogP contribution >= 0.6 is 24.8 Å². The van der Waals surface area contributed by atoms with Crippen molar-refractivity contribution < 1.29 is 5.11 Å². The number of thiocarbonyl (C=S) groups is 1. The smallest absolute Gasteiger partial charge is 0.130 e. The van der Waals surface area contributed by atoms with Gasteiger partial charge in [0.2, 0.25) is 0 Å². The lowest BCUT2D eigenvalue weighted by Gasteiger charge is -2.11. The predicted molar refractivity (Wildman–Crippen MR) is 63.5 cm³/mol. The van der Waals surface area contributed by atoms with Crippen molar-refractivity contribution >= 4 is 29.2 Å². The Balaban J connectivity index is 2.56. The van der Waals surface area contributed by atoms with Crippen molar-refractivity contribution in [2.75, 3.05) is 6.54 Å². The predicted octanol–water partition coefficient (Wildman–Crippen LogP) is 1.23. The number of hydrogen-bond donors (Lipinski definition) is 3. The van der Waals surface area contributed by atoms with Crippen molar-refractivity contribution in [3.8, 4) is 0 Å². The summed E-state index contributed by atoms with van der Waals surface area (Å²) >= 11 is 8.61. The zero-order valence-corrected chi connectivity index (χ0v) is 9.48. The maximum absolute atomic E-state index is 9.66. The molecule has 1 heterocycles. The number of aromatic nitrogens is 1. The molecule has 0 aromatic carbocycles. The molecule has 1 atom stereocenters.